The highest BCUT2D eigenvalue weighted by Gasteiger charge is 2.35. The van der Waals surface area contributed by atoms with E-state index in [0.717, 1.165) is 19.3 Å². The lowest BCUT2D eigenvalue weighted by atomic mass is 10.2. The SMILES string of the molecule is O=C(O)[C@H]1CCCN1C(=O)c1ccnc(C2CC2)n1. The quantitative estimate of drug-likeness (QED) is 0.879. The highest BCUT2D eigenvalue weighted by atomic mass is 16.4. The molecule has 0 spiro atoms. The van der Waals surface area contributed by atoms with Crippen molar-refractivity contribution in [2.24, 2.45) is 0 Å². The van der Waals surface area contributed by atoms with Gasteiger partial charge in [0.25, 0.3) is 5.91 Å². The topological polar surface area (TPSA) is 83.4 Å². The molecule has 1 amide bonds. The minimum atomic E-state index is -0.942. The fourth-order valence-corrected chi connectivity index (χ4v) is 2.44. The van der Waals surface area contributed by atoms with Gasteiger partial charge in [-0.2, -0.15) is 0 Å². The van der Waals surface area contributed by atoms with Gasteiger partial charge in [-0.3, -0.25) is 4.79 Å². The first kappa shape index (κ1) is 12.1. The third kappa shape index (κ3) is 2.30. The standard InChI is InChI=1S/C13H15N3O3/c17-12(16-7-1-2-10(16)13(18)19)9-5-6-14-11(15-9)8-3-4-8/h5-6,8,10H,1-4,7H2,(H,18,19)/t10-/m1/s1. The van der Waals surface area contributed by atoms with Crippen molar-refractivity contribution in [3.63, 3.8) is 0 Å². The molecule has 1 aromatic rings. The summed E-state index contributed by atoms with van der Waals surface area (Å²) in [5, 5.41) is 9.11. The summed E-state index contributed by atoms with van der Waals surface area (Å²) in [6, 6.07) is 0.845. The Balaban J connectivity index is 1.82. The second kappa shape index (κ2) is 4.60. The first-order valence-corrected chi connectivity index (χ1v) is 6.53. The first-order valence-electron chi connectivity index (χ1n) is 6.53. The van der Waals surface area contributed by atoms with E-state index in [-0.39, 0.29) is 5.91 Å². The predicted octanol–water partition coefficient (Wildman–Crippen LogP) is 1.04. The van der Waals surface area contributed by atoms with Crippen molar-refractivity contribution in [3.8, 4) is 0 Å². The van der Waals surface area contributed by atoms with Crippen molar-refractivity contribution in [2.75, 3.05) is 6.54 Å². The first-order chi connectivity index (χ1) is 9.16. The number of aromatic nitrogens is 2. The number of rotatable bonds is 3. The minimum Gasteiger partial charge on any atom is -0.480 e. The van der Waals surface area contributed by atoms with Crippen molar-refractivity contribution < 1.29 is 14.7 Å². The molecule has 3 rings (SSSR count). The van der Waals surface area contributed by atoms with Crippen molar-refractivity contribution in [3.05, 3.63) is 23.8 Å². The van der Waals surface area contributed by atoms with Crippen LogP contribution < -0.4 is 0 Å². The Kier molecular flexibility index (Phi) is 2.93. The highest BCUT2D eigenvalue weighted by molar-refractivity contribution is 5.95. The summed E-state index contributed by atoms with van der Waals surface area (Å²) in [4.78, 5) is 33.3. The summed E-state index contributed by atoms with van der Waals surface area (Å²) in [5.74, 6) is -0.157. The molecule has 0 aromatic carbocycles. The monoisotopic (exact) mass is 261 g/mol. The largest absolute Gasteiger partial charge is 0.480 e. The van der Waals surface area contributed by atoms with Crippen molar-refractivity contribution >= 4 is 11.9 Å². The van der Waals surface area contributed by atoms with Gasteiger partial charge in [-0.15, -0.1) is 0 Å². The molecule has 2 fully saturated rings. The summed E-state index contributed by atoms with van der Waals surface area (Å²) in [5.41, 5.74) is 0.310. The summed E-state index contributed by atoms with van der Waals surface area (Å²) < 4.78 is 0. The van der Waals surface area contributed by atoms with Gasteiger partial charge in [-0.05, 0) is 31.7 Å². The number of carboxylic acid groups (broad SMARTS) is 1. The Labute approximate surface area is 110 Å². The number of carbonyl (C=O) groups is 2. The van der Waals surface area contributed by atoms with E-state index in [2.05, 4.69) is 9.97 Å². The number of hydrogen-bond donors (Lipinski definition) is 1. The molecule has 1 aromatic heterocycles. The number of likely N-dealkylation sites (tertiary alicyclic amines) is 1. The lowest BCUT2D eigenvalue weighted by Crippen LogP contribution is -2.40. The van der Waals surface area contributed by atoms with Crippen LogP contribution in [0.15, 0.2) is 12.3 Å². The summed E-state index contributed by atoms with van der Waals surface area (Å²) >= 11 is 0. The fourth-order valence-electron chi connectivity index (χ4n) is 2.44. The molecule has 100 valence electrons. The maximum atomic E-state index is 12.3. The van der Waals surface area contributed by atoms with E-state index in [1.54, 1.807) is 12.3 Å². The second-order valence-electron chi connectivity index (χ2n) is 5.07. The Bertz CT molecular complexity index is 528. The molecule has 0 unspecified atom stereocenters. The lowest BCUT2D eigenvalue weighted by molar-refractivity contribution is -0.141. The fraction of sp³-hybridized carbons (Fsp3) is 0.538. The van der Waals surface area contributed by atoms with Crippen LogP contribution in [0.25, 0.3) is 0 Å². The average Bonchev–Trinajstić information content (AvgIpc) is 3.15. The zero-order chi connectivity index (χ0) is 13.4. The van der Waals surface area contributed by atoms with Gasteiger partial charge in [0.1, 0.15) is 17.6 Å². The van der Waals surface area contributed by atoms with Crippen LogP contribution in [-0.4, -0.2) is 44.4 Å². The average molecular weight is 261 g/mol. The maximum Gasteiger partial charge on any atom is 0.326 e. The Morgan fingerprint density at radius 2 is 2.11 bits per heavy atom. The number of nitrogens with zero attached hydrogens (tertiary/aromatic N) is 3. The van der Waals surface area contributed by atoms with Crippen LogP contribution in [0.1, 0.15) is 47.9 Å². The molecule has 1 atom stereocenters. The summed E-state index contributed by atoms with van der Waals surface area (Å²) in [6.45, 7) is 0.485. The minimum absolute atomic E-state index is 0.297. The molecule has 1 saturated carbocycles. The van der Waals surface area contributed by atoms with E-state index in [1.165, 1.54) is 4.90 Å². The summed E-state index contributed by atoms with van der Waals surface area (Å²) in [7, 11) is 0. The zero-order valence-corrected chi connectivity index (χ0v) is 10.5. The molecule has 1 aliphatic carbocycles. The van der Waals surface area contributed by atoms with Crippen molar-refractivity contribution in [1.82, 2.24) is 14.9 Å². The van der Waals surface area contributed by atoms with E-state index in [9.17, 15) is 9.59 Å². The molecule has 1 aliphatic heterocycles. The molecule has 19 heavy (non-hydrogen) atoms. The molecule has 0 bridgehead atoms. The normalized spacial score (nSPS) is 22.5. The van der Waals surface area contributed by atoms with Crippen LogP contribution in [0.5, 0.6) is 0 Å². The van der Waals surface area contributed by atoms with Gasteiger partial charge in [-0.1, -0.05) is 0 Å². The number of amides is 1. The predicted molar refractivity (Wildman–Crippen MR) is 65.7 cm³/mol. The van der Waals surface area contributed by atoms with Crippen LogP contribution in [0.3, 0.4) is 0 Å². The maximum absolute atomic E-state index is 12.3. The van der Waals surface area contributed by atoms with Crippen LogP contribution in [0, 0.1) is 0 Å². The summed E-state index contributed by atoms with van der Waals surface area (Å²) in [6.07, 6.45) is 4.96. The van der Waals surface area contributed by atoms with Crippen molar-refractivity contribution in [1.29, 1.82) is 0 Å². The van der Waals surface area contributed by atoms with Gasteiger partial charge in [0.2, 0.25) is 0 Å². The van der Waals surface area contributed by atoms with E-state index in [0.29, 0.717) is 30.4 Å². The van der Waals surface area contributed by atoms with E-state index >= 15 is 0 Å². The molecule has 6 nitrogen and oxygen atoms in total. The van der Waals surface area contributed by atoms with Crippen LogP contribution >= 0.6 is 0 Å². The molecular weight excluding hydrogens is 246 g/mol. The van der Waals surface area contributed by atoms with E-state index in [4.69, 9.17) is 5.11 Å². The number of carboxylic acids is 1. The van der Waals surface area contributed by atoms with Gasteiger partial charge in [0.05, 0.1) is 0 Å². The molecule has 2 aliphatic rings. The third-order valence-electron chi connectivity index (χ3n) is 3.63. The van der Waals surface area contributed by atoms with E-state index in [1.807, 2.05) is 0 Å². The van der Waals surface area contributed by atoms with Gasteiger partial charge < -0.3 is 10.0 Å². The number of aliphatic carboxylic acids is 1. The van der Waals surface area contributed by atoms with Crippen LogP contribution in [-0.2, 0) is 4.79 Å². The number of hydrogen-bond acceptors (Lipinski definition) is 4. The van der Waals surface area contributed by atoms with Gasteiger partial charge in [0, 0.05) is 18.7 Å². The highest BCUT2D eigenvalue weighted by Crippen LogP contribution is 2.37. The Morgan fingerprint density at radius 1 is 1.32 bits per heavy atom. The van der Waals surface area contributed by atoms with E-state index < -0.39 is 12.0 Å². The van der Waals surface area contributed by atoms with Gasteiger partial charge in [0.15, 0.2) is 0 Å². The molecule has 1 saturated heterocycles. The van der Waals surface area contributed by atoms with Crippen LogP contribution in [0.2, 0.25) is 0 Å². The third-order valence-corrected chi connectivity index (χ3v) is 3.63. The molecule has 2 heterocycles. The lowest BCUT2D eigenvalue weighted by Gasteiger charge is -2.20. The molecule has 6 heteroatoms. The molecule has 1 N–H and O–H groups in total. The number of carbonyl (C=O) groups excluding carboxylic acids is 1. The molecular formula is C13H15N3O3. The van der Waals surface area contributed by atoms with Crippen molar-refractivity contribution in [2.45, 2.75) is 37.6 Å². The zero-order valence-electron chi connectivity index (χ0n) is 10.5. The van der Waals surface area contributed by atoms with Gasteiger partial charge in [-0.25, -0.2) is 14.8 Å². The van der Waals surface area contributed by atoms with Crippen LogP contribution in [0.4, 0.5) is 0 Å². The van der Waals surface area contributed by atoms with Gasteiger partial charge >= 0.3 is 5.97 Å². The second-order valence-corrected chi connectivity index (χ2v) is 5.07. The Morgan fingerprint density at radius 3 is 2.79 bits per heavy atom. The molecule has 0 radical (unpaired) electrons. The smallest absolute Gasteiger partial charge is 0.326 e. The Hall–Kier alpha value is -1.98.